The summed E-state index contributed by atoms with van der Waals surface area (Å²) in [6.07, 6.45) is 1.88. The van der Waals surface area contributed by atoms with Crippen molar-refractivity contribution in [3.63, 3.8) is 0 Å². The Bertz CT molecular complexity index is 651. The Kier molecular flexibility index (Phi) is 8.51. The summed E-state index contributed by atoms with van der Waals surface area (Å²) in [5.74, 6) is 2.24. The van der Waals surface area contributed by atoms with E-state index in [2.05, 4.69) is 27.4 Å². The number of benzene rings is 1. The second kappa shape index (κ2) is 11.3. The van der Waals surface area contributed by atoms with Crippen LogP contribution < -0.4 is 20.1 Å². The van der Waals surface area contributed by atoms with Gasteiger partial charge in [0.05, 0.1) is 18.2 Å². The van der Waals surface area contributed by atoms with Gasteiger partial charge >= 0.3 is 0 Å². The SMILES string of the molecule is CCNC(=NCCCN1CCOCC1)NCCc1cc(Cl)c2c(c1)OCCO2. The molecule has 0 aliphatic carbocycles. The standard InChI is InChI=1S/C20H31ClN4O3/c1-2-22-20(23-5-3-7-25-8-10-26-11-9-25)24-6-4-16-14-17(21)19-18(15-16)27-12-13-28-19/h14-15H,2-13H2,1H3,(H2,22,23,24). The summed E-state index contributed by atoms with van der Waals surface area (Å²) in [7, 11) is 0. The number of fused-ring (bicyclic) bond motifs is 1. The molecule has 0 aromatic heterocycles. The molecule has 8 heteroatoms. The summed E-state index contributed by atoms with van der Waals surface area (Å²) in [5.41, 5.74) is 1.12. The predicted octanol–water partition coefficient (Wildman–Crippen LogP) is 1.93. The minimum absolute atomic E-state index is 0.543. The highest BCUT2D eigenvalue weighted by Crippen LogP contribution is 2.38. The van der Waals surface area contributed by atoms with Crippen LogP contribution >= 0.6 is 11.6 Å². The van der Waals surface area contributed by atoms with Crippen molar-refractivity contribution >= 4 is 17.6 Å². The number of aliphatic imine (C=N–C) groups is 1. The quantitative estimate of drug-likeness (QED) is 0.388. The number of nitrogens with one attached hydrogen (secondary N) is 2. The Hall–Kier alpha value is -1.70. The van der Waals surface area contributed by atoms with Crippen LogP contribution in [0.2, 0.25) is 5.02 Å². The Morgan fingerprint density at radius 2 is 1.96 bits per heavy atom. The van der Waals surface area contributed by atoms with Crippen LogP contribution in [-0.2, 0) is 11.2 Å². The zero-order chi connectivity index (χ0) is 19.6. The number of hydrogen-bond donors (Lipinski definition) is 2. The van der Waals surface area contributed by atoms with Crippen LogP contribution in [0.1, 0.15) is 18.9 Å². The number of morpholine rings is 1. The van der Waals surface area contributed by atoms with Gasteiger partial charge < -0.3 is 24.8 Å². The molecule has 0 saturated carbocycles. The molecular formula is C20H31ClN4O3. The average molecular weight is 411 g/mol. The van der Waals surface area contributed by atoms with Crippen molar-refractivity contribution in [2.75, 3.05) is 65.7 Å². The van der Waals surface area contributed by atoms with Crippen molar-refractivity contribution in [2.24, 2.45) is 4.99 Å². The highest BCUT2D eigenvalue weighted by Gasteiger charge is 2.16. The zero-order valence-electron chi connectivity index (χ0n) is 16.6. The van der Waals surface area contributed by atoms with Crippen molar-refractivity contribution in [1.29, 1.82) is 0 Å². The van der Waals surface area contributed by atoms with Crippen LogP contribution in [0.15, 0.2) is 17.1 Å². The van der Waals surface area contributed by atoms with E-state index in [0.717, 1.165) is 82.6 Å². The first kappa shape index (κ1) is 21.0. The lowest BCUT2D eigenvalue weighted by atomic mass is 10.1. The molecule has 2 aliphatic rings. The van der Waals surface area contributed by atoms with Crippen LogP contribution in [0.25, 0.3) is 0 Å². The van der Waals surface area contributed by atoms with Gasteiger partial charge in [-0.15, -0.1) is 0 Å². The Morgan fingerprint density at radius 1 is 1.14 bits per heavy atom. The molecule has 0 bridgehead atoms. The van der Waals surface area contributed by atoms with Gasteiger partial charge in [-0.1, -0.05) is 11.6 Å². The Morgan fingerprint density at radius 3 is 2.79 bits per heavy atom. The number of nitrogens with zero attached hydrogens (tertiary/aromatic N) is 2. The van der Waals surface area contributed by atoms with Crippen LogP contribution in [0.3, 0.4) is 0 Å². The van der Waals surface area contributed by atoms with Crippen molar-refractivity contribution in [2.45, 2.75) is 19.8 Å². The van der Waals surface area contributed by atoms with Gasteiger partial charge in [-0.25, -0.2) is 0 Å². The van der Waals surface area contributed by atoms with E-state index in [-0.39, 0.29) is 0 Å². The Balaban J connectivity index is 1.43. The first-order chi connectivity index (χ1) is 13.8. The number of ether oxygens (including phenoxy) is 3. The van der Waals surface area contributed by atoms with Gasteiger partial charge in [0.25, 0.3) is 0 Å². The molecule has 0 atom stereocenters. The smallest absolute Gasteiger partial charge is 0.191 e. The highest BCUT2D eigenvalue weighted by molar-refractivity contribution is 6.32. The van der Waals surface area contributed by atoms with E-state index in [4.69, 9.17) is 25.8 Å². The lowest BCUT2D eigenvalue weighted by molar-refractivity contribution is 0.0377. The largest absolute Gasteiger partial charge is 0.486 e. The van der Waals surface area contributed by atoms with Gasteiger partial charge in [0.1, 0.15) is 13.2 Å². The van der Waals surface area contributed by atoms with Gasteiger partial charge in [0.2, 0.25) is 0 Å². The van der Waals surface area contributed by atoms with Gasteiger partial charge in [-0.05, 0) is 37.5 Å². The van der Waals surface area contributed by atoms with Crippen LogP contribution in [0, 0.1) is 0 Å². The van der Waals surface area contributed by atoms with E-state index in [1.54, 1.807) is 0 Å². The van der Waals surface area contributed by atoms with E-state index in [1.165, 1.54) is 0 Å². The van der Waals surface area contributed by atoms with Crippen LogP contribution in [0.5, 0.6) is 11.5 Å². The normalized spacial score (nSPS) is 17.4. The van der Waals surface area contributed by atoms with Crippen molar-refractivity contribution < 1.29 is 14.2 Å². The molecule has 2 heterocycles. The van der Waals surface area contributed by atoms with E-state index in [9.17, 15) is 0 Å². The minimum Gasteiger partial charge on any atom is -0.486 e. The molecule has 2 aliphatic heterocycles. The molecule has 0 spiro atoms. The van der Waals surface area contributed by atoms with Crippen LogP contribution in [-0.4, -0.2) is 76.6 Å². The molecule has 0 unspecified atom stereocenters. The number of guanidine groups is 1. The van der Waals surface area contributed by atoms with E-state index >= 15 is 0 Å². The van der Waals surface area contributed by atoms with E-state index in [0.29, 0.717) is 24.0 Å². The molecule has 0 amide bonds. The zero-order valence-corrected chi connectivity index (χ0v) is 17.4. The third-order valence-electron chi connectivity index (χ3n) is 4.71. The van der Waals surface area contributed by atoms with Crippen LogP contribution in [0.4, 0.5) is 0 Å². The third-order valence-corrected chi connectivity index (χ3v) is 4.99. The van der Waals surface area contributed by atoms with Gasteiger partial charge in [-0.3, -0.25) is 9.89 Å². The second-order valence-corrected chi connectivity index (χ2v) is 7.25. The summed E-state index contributed by atoms with van der Waals surface area (Å²) >= 11 is 6.31. The fourth-order valence-electron chi connectivity index (χ4n) is 3.29. The molecule has 0 radical (unpaired) electrons. The molecule has 7 nitrogen and oxygen atoms in total. The average Bonchev–Trinajstić information content (AvgIpc) is 2.72. The fourth-order valence-corrected chi connectivity index (χ4v) is 3.57. The lowest BCUT2D eigenvalue weighted by Gasteiger charge is -2.26. The summed E-state index contributed by atoms with van der Waals surface area (Å²) in [6.45, 7) is 10.4. The fraction of sp³-hybridized carbons (Fsp3) is 0.650. The molecule has 3 rings (SSSR count). The lowest BCUT2D eigenvalue weighted by Crippen LogP contribution is -2.39. The number of hydrogen-bond acceptors (Lipinski definition) is 5. The number of halogens is 1. The molecule has 1 saturated heterocycles. The maximum Gasteiger partial charge on any atom is 0.191 e. The first-order valence-corrected chi connectivity index (χ1v) is 10.5. The summed E-state index contributed by atoms with van der Waals surface area (Å²) in [4.78, 5) is 7.12. The predicted molar refractivity (Wildman–Crippen MR) is 112 cm³/mol. The molecule has 156 valence electrons. The summed E-state index contributed by atoms with van der Waals surface area (Å²) in [5, 5.41) is 7.31. The molecule has 2 N–H and O–H groups in total. The third kappa shape index (κ3) is 6.43. The second-order valence-electron chi connectivity index (χ2n) is 6.85. The molecule has 1 aromatic rings. The first-order valence-electron chi connectivity index (χ1n) is 10.2. The topological polar surface area (TPSA) is 67.4 Å². The molecular weight excluding hydrogens is 380 g/mol. The van der Waals surface area contributed by atoms with E-state index in [1.807, 2.05) is 12.1 Å². The van der Waals surface area contributed by atoms with Crippen molar-refractivity contribution in [3.8, 4) is 11.5 Å². The number of rotatable bonds is 8. The summed E-state index contributed by atoms with van der Waals surface area (Å²) < 4.78 is 16.6. The van der Waals surface area contributed by atoms with Gasteiger partial charge in [-0.2, -0.15) is 0 Å². The molecule has 28 heavy (non-hydrogen) atoms. The van der Waals surface area contributed by atoms with Crippen molar-refractivity contribution in [1.82, 2.24) is 15.5 Å². The maximum atomic E-state index is 6.31. The van der Waals surface area contributed by atoms with Gasteiger partial charge in [0.15, 0.2) is 17.5 Å². The summed E-state index contributed by atoms with van der Waals surface area (Å²) in [6, 6.07) is 3.96. The highest BCUT2D eigenvalue weighted by atomic mass is 35.5. The maximum absolute atomic E-state index is 6.31. The molecule has 1 aromatic carbocycles. The van der Waals surface area contributed by atoms with Gasteiger partial charge in [0, 0.05) is 39.3 Å². The Labute approximate surface area is 172 Å². The minimum atomic E-state index is 0.543. The monoisotopic (exact) mass is 410 g/mol. The van der Waals surface area contributed by atoms with Crippen molar-refractivity contribution in [3.05, 3.63) is 22.7 Å². The van der Waals surface area contributed by atoms with E-state index < -0.39 is 0 Å². The molecule has 1 fully saturated rings.